The number of aliphatic hydroxyl groups excluding tert-OH is 1. The Bertz CT molecular complexity index is 454. The van der Waals surface area contributed by atoms with E-state index in [0.717, 1.165) is 11.0 Å². The molecular formula is C9H10ClN3O. The van der Waals surface area contributed by atoms with Crippen LogP contribution in [0.3, 0.4) is 0 Å². The lowest BCUT2D eigenvalue weighted by Gasteiger charge is -2.10. The quantitative estimate of drug-likeness (QED) is 0.769. The largest absolute Gasteiger partial charge is 0.394 e. The minimum absolute atomic E-state index is 0.00142. The maximum Gasteiger partial charge on any atom is 0.145 e. The molecule has 4 nitrogen and oxygen atoms in total. The van der Waals surface area contributed by atoms with Crippen LogP contribution in [0.15, 0.2) is 18.6 Å². The Hall–Kier alpha value is -1.13. The first-order valence-electron chi connectivity index (χ1n) is 4.32. The van der Waals surface area contributed by atoms with Gasteiger partial charge in [0, 0.05) is 6.20 Å². The Kier molecular flexibility index (Phi) is 2.39. The van der Waals surface area contributed by atoms with Gasteiger partial charge in [0.1, 0.15) is 17.1 Å². The van der Waals surface area contributed by atoms with Gasteiger partial charge in [0.15, 0.2) is 0 Å². The van der Waals surface area contributed by atoms with Gasteiger partial charge in [-0.3, -0.25) is 0 Å². The molecular weight excluding hydrogens is 202 g/mol. The molecule has 0 unspecified atom stereocenters. The predicted molar refractivity (Wildman–Crippen MR) is 54.3 cm³/mol. The Labute approximate surface area is 86.2 Å². The lowest BCUT2D eigenvalue weighted by atomic mass is 10.3. The Morgan fingerprint density at radius 3 is 3.07 bits per heavy atom. The number of aliphatic hydroxyl groups is 1. The maximum absolute atomic E-state index is 9.04. The molecule has 0 saturated heterocycles. The van der Waals surface area contributed by atoms with Gasteiger partial charge in [-0.25, -0.2) is 9.97 Å². The van der Waals surface area contributed by atoms with Crippen molar-refractivity contribution in [2.45, 2.75) is 13.0 Å². The van der Waals surface area contributed by atoms with E-state index >= 15 is 0 Å². The summed E-state index contributed by atoms with van der Waals surface area (Å²) in [5.41, 5.74) is 0.756. The number of hydrogen-bond acceptors (Lipinski definition) is 3. The molecule has 14 heavy (non-hydrogen) atoms. The van der Waals surface area contributed by atoms with Gasteiger partial charge in [0.25, 0.3) is 0 Å². The highest BCUT2D eigenvalue weighted by Gasteiger charge is 2.10. The van der Waals surface area contributed by atoms with E-state index in [9.17, 15) is 0 Å². The summed E-state index contributed by atoms with van der Waals surface area (Å²) < 4.78 is 1.88. The van der Waals surface area contributed by atoms with Crippen LogP contribution in [0.1, 0.15) is 13.0 Å². The van der Waals surface area contributed by atoms with E-state index < -0.39 is 0 Å². The first-order valence-corrected chi connectivity index (χ1v) is 4.69. The fourth-order valence-corrected chi connectivity index (χ4v) is 1.57. The number of rotatable bonds is 2. The van der Waals surface area contributed by atoms with Crippen LogP contribution in [0, 0.1) is 0 Å². The third-order valence-corrected chi connectivity index (χ3v) is 2.50. The van der Waals surface area contributed by atoms with Crippen molar-refractivity contribution in [3.63, 3.8) is 0 Å². The topological polar surface area (TPSA) is 50.9 Å². The summed E-state index contributed by atoms with van der Waals surface area (Å²) >= 11 is 5.89. The highest BCUT2D eigenvalue weighted by atomic mass is 35.5. The van der Waals surface area contributed by atoms with Crippen LogP contribution in [0.5, 0.6) is 0 Å². The zero-order valence-electron chi connectivity index (χ0n) is 7.68. The molecule has 0 aromatic carbocycles. The van der Waals surface area contributed by atoms with Crippen molar-refractivity contribution in [2.75, 3.05) is 6.61 Å². The average molecular weight is 212 g/mol. The minimum Gasteiger partial charge on any atom is -0.394 e. The summed E-state index contributed by atoms with van der Waals surface area (Å²) in [7, 11) is 0. The predicted octanol–water partition coefficient (Wildman–Crippen LogP) is 1.64. The molecule has 0 fully saturated rings. The Morgan fingerprint density at radius 1 is 1.57 bits per heavy atom. The minimum atomic E-state index is -0.00142. The van der Waals surface area contributed by atoms with Gasteiger partial charge in [-0.15, -0.1) is 0 Å². The van der Waals surface area contributed by atoms with Gasteiger partial charge in [-0.2, -0.15) is 0 Å². The van der Waals surface area contributed by atoms with Crippen molar-refractivity contribution in [1.29, 1.82) is 0 Å². The second kappa shape index (κ2) is 3.55. The average Bonchev–Trinajstić information content (AvgIpc) is 2.62. The van der Waals surface area contributed by atoms with Crippen LogP contribution >= 0.6 is 11.6 Å². The monoisotopic (exact) mass is 211 g/mol. The van der Waals surface area contributed by atoms with E-state index in [1.54, 1.807) is 0 Å². The summed E-state index contributed by atoms with van der Waals surface area (Å²) in [4.78, 5) is 8.01. The van der Waals surface area contributed by atoms with Gasteiger partial charge in [-0.1, -0.05) is 11.6 Å². The molecule has 0 aliphatic rings. The maximum atomic E-state index is 9.04. The van der Waals surface area contributed by atoms with Crippen molar-refractivity contribution < 1.29 is 5.11 Å². The highest BCUT2D eigenvalue weighted by Crippen LogP contribution is 2.22. The molecule has 5 heteroatoms. The standard InChI is InChI=1S/C9H10ClN3O/c1-6(4-14)13-3-2-7-8(10)11-5-12-9(7)13/h2-3,5-6,14H,4H2,1H3/t6-/m0/s1. The van der Waals surface area contributed by atoms with Crippen LogP contribution in [-0.2, 0) is 0 Å². The molecule has 0 radical (unpaired) electrons. The Morgan fingerprint density at radius 2 is 2.36 bits per heavy atom. The number of aromatic nitrogens is 3. The van der Waals surface area contributed by atoms with Crippen molar-refractivity contribution in [3.05, 3.63) is 23.7 Å². The van der Waals surface area contributed by atoms with Crippen LogP contribution in [0.4, 0.5) is 0 Å². The molecule has 0 aliphatic heterocycles. The van der Waals surface area contributed by atoms with Crippen LogP contribution < -0.4 is 0 Å². The zero-order chi connectivity index (χ0) is 10.1. The van der Waals surface area contributed by atoms with E-state index in [4.69, 9.17) is 16.7 Å². The molecule has 1 N–H and O–H groups in total. The summed E-state index contributed by atoms with van der Waals surface area (Å²) in [6, 6.07) is 1.85. The molecule has 1 atom stereocenters. The summed E-state index contributed by atoms with van der Waals surface area (Å²) in [6.07, 6.45) is 3.28. The normalized spacial score (nSPS) is 13.4. The SMILES string of the molecule is C[C@@H](CO)n1ccc2c(Cl)ncnc21. The van der Waals surface area contributed by atoms with Crippen LogP contribution in [0.25, 0.3) is 11.0 Å². The summed E-state index contributed by atoms with van der Waals surface area (Å²) in [6.45, 7) is 1.99. The molecule has 2 rings (SSSR count). The molecule has 0 bridgehead atoms. The van der Waals surface area contributed by atoms with Crippen LogP contribution in [-0.4, -0.2) is 26.2 Å². The van der Waals surface area contributed by atoms with Crippen LogP contribution in [0.2, 0.25) is 5.15 Å². The zero-order valence-corrected chi connectivity index (χ0v) is 8.44. The fourth-order valence-electron chi connectivity index (χ4n) is 1.38. The lowest BCUT2D eigenvalue weighted by Crippen LogP contribution is -2.08. The molecule has 2 heterocycles. The van der Waals surface area contributed by atoms with Gasteiger partial charge < -0.3 is 9.67 Å². The van der Waals surface area contributed by atoms with Gasteiger partial charge >= 0.3 is 0 Å². The number of fused-ring (bicyclic) bond motifs is 1. The first kappa shape index (κ1) is 9.43. The Balaban J connectivity index is 2.63. The molecule has 0 spiro atoms. The number of hydrogen-bond donors (Lipinski definition) is 1. The van der Waals surface area contributed by atoms with E-state index in [1.165, 1.54) is 6.33 Å². The van der Waals surface area contributed by atoms with Gasteiger partial charge in [0.05, 0.1) is 18.0 Å². The van der Waals surface area contributed by atoms with Crippen molar-refractivity contribution in [2.24, 2.45) is 0 Å². The number of nitrogens with zero attached hydrogens (tertiary/aromatic N) is 3. The highest BCUT2D eigenvalue weighted by molar-refractivity contribution is 6.33. The van der Waals surface area contributed by atoms with Crippen molar-refractivity contribution in [3.8, 4) is 0 Å². The smallest absolute Gasteiger partial charge is 0.145 e. The molecule has 2 aromatic heterocycles. The second-order valence-corrected chi connectivity index (χ2v) is 3.51. The van der Waals surface area contributed by atoms with E-state index in [0.29, 0.717) is 5.15 Å². The summed E-state index contributed by atoms with van der Waals surface area (Å²) in [5, 5.41) is 10.3. The molecule has 74 valence electrons. The number of halogens is 1. The van der Waals surface area contributed by atoms with E-state index in [-0.39, 0.29) is 12.6 Å². The van der Waals surface area contributed by atoms with E-state index in [1.807, 2.05) is 23.8 Å². The third kappa shape index (κ3) is 1.36. The molecule has 0 amide bonds. The molecule has 2 aromatic rings. The second-order valence-electron chi connectivity index (χ2n) is 3.16. The van der Waals surface area contributed by atoms with Crippen molar-refractivity contribution >= 4 is 22.6 Å². The van der Waals surface area contributed by atoms with Crippen molar-refractivity contribution in [1.82, 2.24) is 14.5 Å². The summed E-state index contributed by atoms with van der Waals surface area (Å²) in [5.74, 6) is 0. The lowest BCUT2D eigenvalue weighted by molar-refractivity contribution is 0.241. The third-order valence-electron chi connectivity index (χ3n) is 2.20. The van der Waals surface area contributed by atoms with E-state index in [2.05, 4.69) is 9.97 Å². The molecule has 0 aliphatic carbocycles. The fraction of sp³-hybridized carbons (Fsp3) is 0.333. The first-order chi connectivity index (χ1) is 6.74. The van der Waals surface area contributed by atoms with Gasteiger partial charge in [-0.05, 0) is 13.0 Å². The van der Waals surface area contributed by atoms with Gasteiger partial charge in [0.2, 0.25) is 0 Å². The molecule has 0 saturated carbocycles.